The fourth-order valence-electron chi connectivity index (χ4n) is 3.17. The van der Waals surface area contributed by atoms with Crippen LogP contribution < -0.4 is 20.1 Å². The molecular weight excluding hydrogens is 458 g/mol. The maximum Gasteiger partial charge on any atom is 0.251 e. The third kappa shape index (κ3) is 6.06. The summed E-state index contributed by atoms with van der Waals surface area (Å²) in [7, 11) is 4.80. The fourth-order valence-corrected chi connectivity index (χ4v) is 3.89. The first kappa shape index (κ1) is 25.1. The van der Waals surface area contributed by atoms with Crippen molar-refractivity contribution in [2.24, 2.45) is 7.05 Å². The van der Waals surface area contributed by atoms with Crippen molar-refractivity contribution in [3.63, 3.8) is 0 Å². The van der Waals surface area contributed by atoms with E-state index in [-0.39, 0.29) is 24.2 Å². The number of nitrogens with zero attached hydrogens (tertiary/aromatic N) is 3. The van der Waals surface area contributed by atoms with E-state index in [9.17, 15) is 14.7 Å². The van der Waals surface area contributed by atoms with Crippen LogP contribution in [0.15, 0.2) is 47.6 Å². The molecule has 0 radical (unpaired) electrons. The second-order valence-electron chi connectivity index (χ2n) is 7.38. The summed E-state index contributed by atoms with van der Waals surface area (Å²) in [6.07, 6.45) is 0. The molecule has 1 unspecified atom stereocenters. The number of methoxy groups -OCH3 is 2. The van der Waals surface area contributed by atoms with Crippen LogP contribution in [0.1, 0.15) is 27.8 Å². The molecule has 10 nitrogen and oxygen atoms in total. The van der Waals surface area contributed by atoms with E-state index in [0.29, 0.717) is 33.7 Å². The lowest BCUT2D eigenvalue weighted by atomic mass is 10.2. The molecule has 0 bridgehead atoms. The molecule has 0 aliphatic rings. The van der Waals surface area contributed by atoms with Crippen molar-refractivity contribution >= 4 is 29.3 Å². The third-order valence-corrected chi connectivity index (χ3v) is 6.00. The van der Waals surface area contributed by atoms with E-state index in [1.54, 1.807) is 56.2 Å². The molecule has 180 valence electrons. The first-order chi connectivity index (χ1) is 16.4. The van der Waals surface area contributed by atoms with Gasteiger partial charge in [0.15, 0.2) is 11.0 Å². The van der Waals surface area contributed by atoms with Crippen LogP contribution in [0.4, 0.5) is 5.69 Å². The van der Waals surface area contributed by atoms with Gasteiger partial charge in [-0.2, -0.15) is 0 Å². The zero-order chi connectivity index (χ0) is 24.7. The number of aromatic nitrogens is 3. The Kier molecular flexibility index (Phi) is 8.50. The van der Waals surface area contributed by atoms with Gasteiger partial charge in [-0.25, -0.2) is 0 Å². The zero-order valence-electron chi connectivity index (χ0n) is 19.4. The number of aliphatic hydroxyl groups excluding tert-OH is 1. The van der Waals surface area contributed by atoms with Crippen molar-refractivity contribution in [2.75, 3.05) is 31.9 Å². The lowest BCUT2D eigenvalue weighted by Crippen LogP contribution is -2.32. The summed E-state index contributed by atoms with van der Waals surface area (Å²) >= 11 is 1.19. The zero-order valence-corrected chi connectivity index (χ0v) is 20.2. The van der Waals surface area contributed by atoms with Gasteiger partial charge in [0.25, 0.3) is 5.91 Å². The van der Waals surface area contributed by atoms with Gasteiger partial charge >= 0.3 is 0 Å². The molecule has 2 aromatic carbocycles. The SMILES string of the molecule is COc1ccc(C(=O)NC(CO)c2nnc(SCC(=O)Nc3cc(C)ccc3OC)n2C)cc1. The molecule has 3 N–H and O–H groups in total. The highest BCUT2D eigenvalue weighted by Crippen LogP contribution is 2.26. The minimum atomic E-state index is -0.771. The van der Waals surface area contributed by atoms with Crippen molar-refractivity contribution in [3.05, 3.63) is 59.4 Å². The number of hydrogen-bond acceptors (Lipinski definition) is 8. The van der Waals surface area contributed by atoms with Gasteiger partial charge in [0.05, 0.1) is 32.3 Å². The maximum absolute atomic E-state index is 12.6. The van der Waals surface area contributed by atoms with Crippen LogP contribution in [-0.4, -0.2) is 58.3 Å². The average Bonchev–Trinajstić information content (AvgIpc) is 3.21. The smallest absolute Gasteiger partial charge is 0.251 e. The Balaban J connectivity index is 1.63. The Morgan fingerprint density at radius 3 is 2.50 bits per heavy atom. The number of aliphatic hydroxyl groups is 1. The average molecular weight is 486 g/mol. The highest BCUT2D eigenvalue weighted by atomic mass is 32.2. The molecule has 11 heteroatoms. The van der Waals surface area contributed by atoms with E-state index in [1.807, 2.05) is 19.1 Å². The summed E-state index contributed by atoms with van der Waals surface area (Å²) in [5.74, 6) is 1.06. The number of rotatable bonds is 10. The number of hydrogen-bond donors (Lipinski definition) is 3. The van der Waals surface area contributed by atoms with Crippen molar-refractivity contribution in [1.29, 1.82) is 0 Å². The van der Waals surface area contributed by atoms with E-state index in [0.717, 1.165) is 5.56 Å². The lowest BCUT2D eigenvalue weighted by molar-refractivity contribution is -0.113. The van der Waals surface area contributed by atoms with Gasteiger partial charge < -0.3 is 29.8 Å². The first-order valence-corrected chi connectivity index (χ1v) is 11.4. The topological polar surface area (TPSA) is 128 Å². The number of carbonyl (C=O) groups is 2. The van der Waals surface area contributed by atoms with Gasteiger partial charge in [-0.05, 0) is 48.9 Å². The molecule has 34 heavy (non-hydrogen) atoms. The van der Waals surface area contributed by atoms with Crippen LogP contribution in [0.25, 0.3) is 0 Å². The normalized spacial score (nSPS) is 11.6. The van der Waals surface area contributed by atoms with Crippen LogP contribution in [0.3, 0.4) is 0 Å². The number of ether oxygens (including phenoxy) is 2. The Labute approximate surface area is 201 Å². The molecule has 0 saturated heterocycles. The number of anilines is 1. The quantitative estimate of drug-likeness (QED) is 0.374. The number of thioether (sulfide) groups is 1. The third-order valence-electron chi connectivity index (χ3n) is 4.98. The standard InChI is InChI=1S/C23H27N5O5S/c1-14-5-10-19(33-4)17(11-14)24-20(30)13-34-23-27-26-21(28(23)2)18(12-29)25-22(31)15-6-8-16(32-3)9-7-15/h5-11,18,29H,12-13H2,1-4H3,(H,24,30)(H,25,31). The summed E-state index contributed by atoms with van der Waals surface area (Å²) in [5.41, 5.74) is 2.00. The Hall–Kier alpha value is -3.57. The van der Waals surface area contributed by atoms with Crippen molar-refractivity contribution in [1.82, 2.24) is 20.1 Å². The molecule has 0 fully saturated rings. The molecule has 0 aliphatic heterocycles. The summed E-state index contributed by atoms with van der Waals surface area (Å²) in [4.78, 5) is 25.1. The summed E-state index contributed by atoms with van der Waals surface area (Å²) in [6, 6.07) is 11.4. The monoisotopic (exact) mass is 485 g/mol. The Morgan fingerprint density at radius 2 is 1.85 bits per heavy atom. The van der Waals surface area contributed by atoms with Gasteiger partial charge in [0.1, 0.15) is 17.5 Å². The lowest BCUT2D eigenvalue weighted by Gasteiger charge is -2.16. The molecule has 3 rings (SSSR count). The van der Waals surface area contributed by atoms with E-state index in [4.69, 9.17) is 9.47 Å². The number of benzene rings is 2. The maximum atomic E-state index is 12.6. The van der Waals surface area contributed by atoms with Gasteiger partial charge in [-0.3, -0.25) is 9.59 Å². The van der Waals surface area contributed by atoms with Gasteiger partial charge in [-0.15, -0.1) is 10.2 Å². The van der Waals surface area contributed by atoms with Crippen LogP contribution in [0.5, 0.6) is 11.5 Å². The molecule has 2 amide bonds. The summed E-state index contributed by atoms with van der Waals surface area (Å²) in [5, 5.41) is 24.1. The molecule has 3 aromatic rings. The second-order valence-corrected chi connectivity index (χ2v) is 8.32. The highest BCUT2D eigenvalue weighted by molar-refractivity contribution is 7.99. The minimum Gasteiger partial charge on any atom is -0.497 e. The Morgan fingerprint density at radius 1 is 1.12 bits per heavy atom. The number of amides is 2. The summed E-state index contributed by atoms with van der Waals surface area (Å²) in [6.45, 7) is 1.56. The molecule has 1 aromatic heterocycles. The van der Waals surface area contributed by atoms with Crippen molar-refractivity contribution < 1.29 is 24.2 Å². The van der Waals surface area contributed by atoms with E-state index < -0.39 is 6.04 Å². The molecule has 0 saturated carbocycles. The minimum absolute atomic E-state index is 0.0884. The predicted octanol–water partition coefficient (Wildman–Crippen LogP) is 2.33. The predicted molar refractivity (Wildman–Crippen MR) is 128 cm³/mol. The number of aryl methyl sites for hydroxylation is 1. The molecule has 1 atom stereocenters. The highest BCUT2D eigenvalue weighted by Gasteiger charge is 2.22. The van der Waals surface area contributed by atoms with Crippen LogP contribution >= 0.6 is 11.8 Å². The molecule has 0 spiro atoms. The van der Waals surface area contributed by atoms with Gasteiger partial charge in [0, 0.05) is 12.6 Å². The van der Waals surface area contributed by atoms with Crippen LogP contribution in [0, 0.1) is 6.92 Å². The van der Waals surface area contributed by atoms with Crippen LogP contribution in [-0.2, 0) is 11.8 Å². The van der Waals surface area contributed by atoms with Crippen molar-refractivity contribution in [2.45, 2.75) is 18.1 Å². The van der Waals surface area contributed by atoms with Gasteiger partial charge in [-0.1, -0.05) is 17.8 Å². The Bertz CT molecular complexity index is 1150. The van der Waals surface area contributed by atoms with E-state index in [2.05, 4.69) is 20.8 Å². The molecular formula is C23H27N5O5S. The fraction of sp³-hybridized carbons (Fsp3) is 0.304. The number of nitrogens with one attached hydrogen (secondary N) is 2. The second kappa shape index (κ2) is 11.5. The largest absolute Gasteiger partial charge is 0.497 e. The molecule has 1 heterocycles. The summed E-state index contributed by atoms with van der Waals surface area (Å²) < 4.78 is 12.0. The van der Waals surface area contributed by atoms with E-state index >= 15 is 0 Å². The van der Waals surface area contributed by atoms with Gasteiger partial charge in [0.2, 0.25) is 5.91 Å². The van der Waals surface area contributed by atoms with Crippen LogP contribution in [0.2, 0.25) is 0 Å². The number of carbonyl (C=O) groups excluding carboxylic acids is 2. The first-order valence-electron chi connectivity index (χ1n) is 10.4. The van der Waals surface area contributed by atoms with E-state index in [1.165, 1.54) is 11.8 Å². The van der Waals surface area contributed by atoms with Crippen molar-refractivity contribution in [3.8, 4) is 11.5 Å². The molecule has 0 aliphatic carbocycles.